The number of carbonyl (C=O) groups excluding carboxylic acids is 2. The zero-order chi connectivity index (χ0) is 21.0. The SMILES string of the molecule is Cc1ccccc1N1C(=O)[C@H](C=NCCN(C)C)C(=O)N(c2ccccc2)C1=S. The van der Waals surface area contributed by atoms with Crippen molar-refractivity contribution in [3.05, 3.63) is 60.2 Å². The Hall–Kier alpha value is -2.90. The number of amides is 2. The molecule has 3 rings (SSSR count). The highest BCUT2D eigenvalue weighted by atomic mass is 32.1. The lowest BCUT2D eigenvalue weighted by molar-refractivity contribution is -0.129. The second kappa shape index (κ2) is 9.07. The number of carbonyl (C=O) groups is 2. The summed E-state index contributed by atoms with van der Waals surface area (Å²) in [6.07, 6.45) is 1.46. The maximum atomic E-state index is 13.3. The molecule has 1 fully saturated rings. The Balaban J connectivity index is 2.02. The van der Waals surface area contributed by atoms with Crippen LogP contribution >= 0.6 is 12.2 Å². The van der Waals surface area contributed by atoms with Gasteiger partial charge in [0.2, 0.25) is 0 Å². The Labute approximate surface area is 176 Å². The first kappa shape index (κ1) is 20.8. The quantitative estimate of drug-likeness (QED) is 0.419. The highest BCUT2D eigenvalue weighted by Gasteiger charge is 2.44. The average molecular weight is 409 g/mol. The van der Waals surface area contributed by atoms with Crippen LogP contribution < -0.4 is 9.80 Å². The fourth-order valence-electron chi connectivity index (χ4n) is 3.09. The Morgan fingerprint density at radius 3 is 2.28 bits per heavy atom. The Morgan fingerprint density at radius 2 is 1.62 bits per heavy atom. The first-order valence-electron chi connectivity index (χ1n) is 9.39. The predicted molar refractivity (Wildman–Crippen MR) is 121 cm³/mol. The molecule has 0 aliphatic carbocycles. The van der Waals surface area contributed by atoms with Gasteiger partial charge >= 0.3 is 0 Å². The maximum absolute atomic E-state index is 13.3. The molecule has 0 saturated carbocycles. The van der Waals surface area contributed by atoms with Crippen LogP contribution in [-0.2, 0) is 9.59 Å². The molecule has 6 nitrogen and oxygen atoms in total. The molecule has 1 heterocycles. The van der Waals surface area contributed by atoms with Gasteiger partial charge in [0.15, 0.2) is 11.0 Å². The average Bonchev–Trinajstić information content (AvgIpc) is 2.69. The molecular weight excluding hydrogens is 384 g/mol. The molecule has 150 valence electrons. The number of benzene rings is 2. The van der Waals surface area contributed by atoms with Gasteiger partial charge in [0.1, 0.15) is 0 Å². The first-order chi connectivity index (χ1) is 13.9. The highest BCUT2D eigenvalue weighted by Crippen LogP contribution is 2.30. The number of likely N-dealkylation sites (N-methyl/N-ethyl adjacent to an activating group) is 1. The standard InChI is InChI=1S/C22H24N4O2S/c1-16-9-7-8-12-19(16)26-21(28)18(15-23-13-14-24(2)3)20(27)25(22(26)29)17-10-5-4-6-11-17/h4-12,15,18H,13-14H2,1-3H3/t18-/m1/s1. The van der Waals surface area contributed by atoms with Crippen LogP contribution in [0.15, 0.2) is 59.6 Å². The van der Waals surface area contributed by atoms with E-state index in [-0.39, 0.29) is 16.9 Å². The fourth-order valence-corrected chi connectivity index (χ4v) is 3.47. The van der Waals surface area contributed by atoms with E-state index in [0.29, 0.717) is 17.9 Å². The number of hydrogen-bond donors (Lipinski definition) is 0. The molecule has 2 amide bonds. The number of aryl methyl sites for hydroxylation is 1. The van der Waals surface area contributed by atoms with Crippen molar-refractivity contribution in [2.75, 3.05) is 37.0 Å². The molecule has 7 heteroatoms. The van der Waals surface area contributed by atoms with Crippen molar-refractivity contribution >= 4 is 46.7 Å². The van der Waals surface area contributed by atoms with Crippen molar-refractivity contribution in [1.82, 2.24) is 4.90 Å². The summed E-state index contributed by atoms with van der Waals surface area (Å²) in [6.45, 7) is 3.15. The van der Waals surface area contributed by atoms with Crippen LogP contribution in [0.25, 0.3) is 0 Å². The normalized spacial score (nSPS) is 17.7. The number of hydrogen-bond acceptors (Lipinski definition) is 5. The smallest absolute Gasteiger partial charge is 0.251 e. The van der Waals surface area contributed by atoms with Gasteiger partial charge in [-0.05, 0) is 57.0 Å². The maximum Gasteiger partial charge on any atom is 0.251 e. The molecule has 2 aromatic rings. The van der Waals surface area contributed by atoms with Gasteiger partial charge in [-0.15, -0.1) is 0 Å². The molecule has 2 aromatic carbocycles. The van der Waals surface area contributed by atoms with Crippen LogP contribution in [0.5, 0.6) is 0 Å². The lowest BCUT2D eigenvalue weighted by Crippen LogP contribution is -2.61. The summed E-state index contributed by atoms with van der Waals surface area (Å²) >= 11 is 5.61. The molecule has 0 unspecified atom stereocenters. The Kier molecular flexibility index (Phi) is 6.51. The van der Waals surface area contributed by atoms with E-state index >= 15 is 0 Å². The number of nitrogens with zero attached hydrogens (tertiary/aromatic N) is 4. The van der Waals surface area contributed by atoms with Crippen LogP contribution in [0.4, 0.5) is 11.4 Å². The van der Waals surface area contributed by atoms with Gasteiger partial charge in [0, 0.05) is 12.8 Å². The summed E-state index contributed by atoms with van der Waals surface area (Å²) in [6, 6.07) is 16.6. The van der Waals surface area contributed by atoms with E-state index in [1.165, 1.54) is 16.0 Å². The second-order valence-electron chi connectivity index (χ2n) is 7.09. The predicted octanol–water partition coefficient (Wildman–Crippen LogP) is 2.91. The number of thiocarbonyl (C=S) groups is 1. The highest BCUT2D eigenvalue weighted by molar-refractivity contribution is 7.81. The van der Waals surface area contributed by atoms with Gasteiger partial charge in [0.25, 0.3) is 11.8 Å². The molecule has 0 N–H and O–H groups in total. The van der Waals surface area contributed by atoms with E-state index < -0.39 is 5.92 Å². The lowest BCUT2D eigenvalue weighted by Gasteiger charge is -2.38. The van der Waals surface area contributed by atoms with Crippen LogP contribution in [0.2, 0.25) is 0 Å². The van der Waals surface area contributed by atoms with E-state index in [0.717, 1.165) is 12.1 Å². The molecular formula is C22H24N4O2S. The van der Waals surface area contributed by atoms with Crippen LogP contribution in [0.3, 0.4) is 0 Å². The van der Waals surface area contributed by atoms with Crippen molar-refractivity contribution < 1.29 is 9.59 Å². The minimum absolute atomic E-state index is 0.151. The zero-order valence-corrected chi connectivity index (χ0v) is 17.6. The third-order valence-corrected chi connectivity index (χ3v) is 5.02. The zero-order valence-electron chi connectivity index (χ0n) is 16.8. The van der Waals surface area contributed by atoms with Gasteiger partial charge in [-0.25, -0.2) is 0 Å². The molecule has 0 aromatic heterocycles. The molecule has 1 aliphatic heterocycles. The van der Waals surface area contributed by atoms with Crippen molar-refractivity contribution in [3.8, 4) is 0 Å². The molecule has 0 radical (unpaired) electrons. The second-order valence-corrected chi connectivity index (χ2v) is 7.45. The van der Waals surface area contributed by atoms with Gasteiger partial charge in [-0.1, -0.05) is 36.4 Å². The number of anilines is 2. The molecule has 0 bridgehead atoms. The van der Waals surface area contributed by atoms with Gasteiger partial charge in [0.05, 0.1) is 17.9 Å². The third kappa shape index (κ3) is 4.41. The van der Waals surface area contributed by atoms with E-state index in [9.17, 15) is 9.59 Å². The minimum atomic E-state index is -1.02. The summed E-state index contributed by atoms with van der Waals surface area (Å²) in [7, 11) is 3.89. The number of rotatable bonds is 6. The number of aliphatic imine (C=N–C) groups is 1. The van der Waals surface area contributed by atoms with Crippen molar-refractivity contribution in [2.45, 2.75) is 6.92 Å². The lowest BCUT2D eigenvalue weighted by atomic mass is 10.0. The fraction of sp³-hybridized carbons (Fsp3) is 0.273. The summed E-state index contributed by atoms with van der Waals surface area (Å²) in [4.78, 5) is 35.7. The Bertz CT molecular complexity index is 943. The third-order valence-electron chi connectivity index (χ3n) is 4.66. The van der Waals surface area contributed by atoms with Crippen molar-refractivity contribution in [1.29, 1.82) is 0 Å². The van der Waals surface area contributed by atoms with E-state index in [1.54, 1.807) is 12.1 Å². The Morgan fingerprint density at radius 1 is 1.00 bits per heavy atom. The molecule has 1 atom stereocenters. The molecule has 1 aliphatic rings. The molecule has 0 spiro atoms. The summed E-state index contributed by atoms with van der Waals surface area (Å²) in [5.74, 6) is -1.79. The summed E-state index contributed by atoms with van der Waals surface area (Å²) < 4.78 is 0. The molecule has 1 saturated heterocycles. The largest absolute Gasteiger partial charge is 0.308 e. The van der Waals surface area contributed by atoms with Gasteiger partial charge < -0.3 is 4.90 Å². The number of para-hydroxylation sites is 2. The topological polar surface area (TPSA) is 56.2 Å². The van der Waals surface area contributed by atoms with Crippen LogP contribution in [-0.4, -0.2) is 55.2 Å². The van der Waals surface area contributed by atoms with E-state index in [4.69, 9.17) is 12.2 Å². The monoisotopic (exact) mass is 408 g/mol. The van der Waals surface area contributed by atoms with Gasteiger partial charge in [-0.3, -0.25) is 24.4 Å². The van der Waals surface area contributed by atoms with Crippen molar-refractivity contribution in [3.63, 3.8) is 0 Å². The van der Waals surface area contributed by atoms with Crippen LogP contribution in [0, 0.1) is 12.8 Å². The van der Waals surface area contributed by atoms with E-state index in [2.05, 4.69) is 4.99 Å². The minimum Gasteiger partial charge on any atom is -0.308 e. The first-order valence-corrected chi connectivity index (χ1v) is 9.80. The van der Waals surface area contributed by atoms with Gasteiger partial charge in [-0.2, -0.15) is 0 Å². The summed E-state index contributed by atoms with van der Waals surface area (Å²) in [5, 5.41) is 0.151. The summed E-state index contributed by atoms with van der Waals surface area (Å²) in [5.41, 5.74) is 2.19. The van der Waals surface area contributed by atoms with Crippen LogP contribution in [0.1, 0.15) is 5.56 Å². The van der Waals surface area contributed by atoms with Crippen molar-refractivity contribution in [2.24, 2.45) is 10.9 Å². The molecule has 29 heavy (non-hydrogen) atoms. The van der Waals surface area contributed by atoms with E-state index in [1.807, 2.05) is 68.4 Å².